The second-order valence-electron chi connectivity index (χ2n) is 7.96. The largest absolute Gasteiger partial charge is 0.491 e. The molecule has 0 aliphatic carbocycles. The van der Waals surface area contributed by atoms with E-state index < -0.39 is 5.60 Å². The fourth-order valence-corrected chi connectivity index (χ4v) is 3.29. The van der Waals surface area contributed by atoms with Crippen LogP contribution < -0.4 is 10.5 Å². The standard InChI is InChI=1S/C22H28N2O3/c1-22(2,3)27-21(25)24-14-17(23)13-18(24)15-26-20-12-8-7-11-19(20)16-9-5-4-6-10-16/h4-12,17-18H,13-15,23H2,1-3H3/t17-,18-/m0/s1. The van der Waals surface area contributed by atoms with Crippen LogP contribution in [0.1, 0.15) is 27.2 Å². The minimum atomic E-state index is -0.533. The van der Waals surface area contributed by atoms with Crippen molar-refractivity contribution in [3.8, 4) is 16.9 Å². The summed E-state index contributed by atoms with van der Waals surface area (Å²) < 4.78 is 11.7. The number of likely N-dealkylation sites (tertiary alicyclic amines) is 1. The Balaban J connectivity index is 1.71. The number of benzene rings is 2. The van der Waals surface area contributed by atoms with Gasteiger partial charge in [-0.25, -0.2) is 4.79 Å². The number of hydrogen-bond acceptors (Lipinski definition) is 4. The Morgan fingerprint density at radius 3 is 2.48 bits per heavy atom. The monoisotopic (exact) mass is 368 g/mol. The van der Waals surface area contributed by atoms with Gasteiger partial charge in [0.25, 0.3) is 0 Å². The summed E-state index contributed by atoms with van der Waals surface area (Å²) in [6.07, 6.45) is 0.368. The second-order valence-corrected chi connectivity index (χ2v) is 7.96. The Hall–Kier alpha value is -2.53. The van der Waals surface area contributed by atoms with Crippen LogP contribution in [0, 0.1) is 0 Å². The number of carbonyl (C=O) groups excluding carboxylic acids is 1. The first-order valence-corrected chi connectivity index (χ1v) is 9.36. The van der Waals surface area contributed by atoms with Crippen LogP contribution in [0.15, 0.2) is 54.6 Å². The maximum atomic E-state index is 12.5. The van der Waals surface area contributed by atoms with E-state index in [2.05, 4.69) is 12.1 Å². The molecule has 1 saturated heterocycles. The number of carbonyl (C=O) groups is 1. The highest BCUT2D eigenvalue weighted by Gasteiger charge is 2.36. The zero-order valence-corrected chi connectivity index (χ0v) is 16.2. The first kappa shape index (κ1) is 19.2. The smallest absolute Gasteiger partial charge is 0.410 e. The van der Waals surface area contributed by atoms with Gasteiger partial charge in [0.05, 0.1) is 6.04 Å². The molecule has 5 nitrogen and oxygen atoms in total. The summed E-state index contributed by atoms with van der Waals surface area (Å²) in [5.41, 5.74) is 7.70. The summed E-state index contributed by atoms with van der Waals surface area (Å²) in [7, 11) is 0. The molecule has 0 bridgehead atoms. The second kappa shape index (κ2) is 8.01. The quantitative estimate of drug-likeness (QED) is 0.883. The van der Waals surface area contributed by atoms with Crippen molar-refractivity contribution in [1.82, 2.24) is 4.90 Å². The van der Waals surface area contributed by atoms with E-state index in [0.29, 0.717) is 19.6 Å². The van der Waals surface area contributed by atoms with E-state index in [1.165, 1.54) is 0 Å². The van der Waals surface area contributed by atoms with Crippen molar-refractivity contribution in [1.29, 1.82) is 0 Å². The third kappa shape index (κ3) is 5.01. The summed E-state index contributed by atoms with van der Waals surface area (Å²) >= 11 is 0. The zero-order chi connectivity index (χ0) is 19.4. The molecule has 2 aromatic carbocycles. The van der Waals surface area contributed by atoms with Gasteiger partial charge in [-0.2, -0.15) is 0 Å². The van der Waals surface area contributed by atoms with Crippen molar-refractivity contribution < 1.29 is 14.3 Å². The van der Waals surface area contributed by atoms with Gasteiger partial charge in [-0.3, -0.25) is 0 Å². The molecular formula is C22H28N2O3. The maximum Gasteiger partial charge on any atom is 0.410 e. The van der Waals surface area contributed by atoms with E-state index in [4.69, 9.17) is 15.2 Å². The summed E-state index contributed by atoms with van der Waals surface area (Å²) in [4.78, 5) is 14.2. The summed E-state index contributed by atoms with van der Waals surface area (Å²) in [6.45, 7) is 6.47. The van der Waals surface area contributed by atoms with Gasteiger partial charge >= 0.3 is 6.09 Å². The van der Waals surface area contributed by atoms with Crippen LogP contribution in [0.4, 0.5) is 4.79 Å². The number of para-hydroxylation sites is 1. The van der Waals surface area contributed by atoms with Crippen molar-refractivity contribution in [2.75, 3.05) is 13.2 Å². The Morgan fingerprint density at radius 1 is 1.11 bits per heavy atom. The number of nitrogens with two attached hydrogens (primary N) is 1. The average Bonchev–Trinajstić information content (AvgIpc) is 3.00. The maximum absolute atomic E-state index is 12.5. The molecule has 0 aromatic heterocycles. The van der Waals surface area contributed by atoms with E-state index in [9.17, 15) is 4.79 Å². The molecule has 2 N–H and O–H groups in total. The van der Waals surface area contributed by atoms with Crippen LogP contribution in [0.3, 0.4) is 0 Å². The molecule has 2 aromatic rings. The minimum Gasteiger partial charge on any atom is -0.491 e. The van der Waals surface area contributed by atoms with Gasteiger partial charge in [0.1, 0.15) is 18.0 Å². The topological polar surface area (TPSA) is 64.8 Å². The van der Waals surface area contributed by atoms with Crippen molar-refractivity contribution in [2.24, 2.45) is 5.73 Å². The lowest BCUT2D eigenvalue weighted by Crippen LogP contribution is -2.42. The highest BCUT2D eigenvalue weighted by Crippen LogP contribution is 2.30. The van der Waals surface area contributed by atoms with Gasteiger partial charge in [-0.1, -0.05) is 48.5 Å². The molecule has 1 aliphatic heterocycles. The van der Waals surface area contributed by atoms with Crippen LogP contribution in [0.5, 0.6) is 5.75 Å². The Bertz CT molecular complexity index is 771. The van der Waals surface area contributed by atoms with E-state index in [1.807, 2.05) is 63.2 Å². The predicted octanol–water partition coefficient (Wildman–Crippen LogP) is 4.07. The Kier molecular flexibility index (Phi) is 5.71. The normalized spacial score (nSPS) is 19.8. The third-order valence-corrected chi connectivity index (χ3v) is 4.48. The Morgan fingerprint density at radius 2 is 1.78 bits per heavy atom. The van der Waals surface area contributed by atoms with Crippen molar-refractivity contribution in [3.05, 3.63) is 54.6 Å². The van der Waals surface area contributed by atoms with Crippen LogP contribution in [0.25, 0.3) is 11.1 Å². The van der Waals surface area contributed by atoms with Crippen LogP contribution in [-0.2, 0) is 4.74 Å². The molecule has 0 unspecified atom stereocenters. The van der Waals surface area contributed by atoms with Gasteiger partial charge in [0.15, 0.2) is 0 Å². The lowest BCUT2D eigenvalue weighted by molar-refractivity contribution is 0.0186. The molecule has 0 spiro atoms. The van der Waals surface area contributed by atoms with Gasteiger partial charge in [-0.15, -0.1) is 0 Å². The molecule has 0 radical (unpaired) electrons. The van der Waals surface area contributed by atoms with E-state index >= 15 is 0 Å². The molecule has 1 aliphatic rings. The zero-order valence-electron chi connectivity index (χ0n) is 16.2. The highest BCUT2D eigenvalue weighted by atomic mass is 16.6. The number of rotatable bonds is 4. The SMILES string of the molecule is CC(C)(C)OC(=O)N1C[C@@H](N)C[C@H]1COc1ccccc1-c1ccccc1. The van der Waals surface area contributed by atoms with Crippen LogP contribution in [0.2, 0.25) is 0 Å². The average molecular weight is 368 g/mol. The molecule has 144 valence electrons. The van der Waals surface area contributed by atoms with Gasteiger partial charge in [-0.05, 0) is 38.8 Å². The molecule has 27 heavy (non-hydrogen) atoms. The Labute approximate surface area is 161 Å². The molecule has 5 heteroatoms. The van der Waals surface area contributed by atoms with Crippen molar-refractivity contribution in [2.45, 2.75) is 44.9 Å². The molecule has 1 amide bonds. The summed E-state index contributed by atoms with van der Waals surface area (Å²) in [5, 5.41) is 0. The third-order valence-electron chi connectivity index (χ3n) is 4.48. The molecule has 3 rings (SSSR count). The molecule has 0 saturated carbocycles. The predicted molar refractivity (Wildman–Crippen MR) is 107 cm³/mol. The van der Waals surface area contributed by atoms with Crippen LogP contribution >= 0.6 is 0 Å². The molecule has 2 atom stereocenters. The fourth-order valence-electron chi connectivity index (χ4n) is 3.29. The first-order chi connectivity index (χ1) is 12.8. The summed E-state index contributed by atoms with van der Waals surface area (Å²) in [6, 6.07) is 17.9. The number of nitrogens with zero attached hydrogens (tertiary/aromatic N) is 1. The van der Waals surface area contributed by atoms with E-state index in [1.54, 1.807) is 4.90 Å². The fraction of sp³-hybridized carbons (Fsp3) is 0.409. The highest BCUT2D eigenvalue weighted by molar-refractivity contribution is 5.70. The number of hydrogen-bond donors (Lipinski definition) is 1. The number of ether oxygens (including phenoxy) is 2. The number of amides is 1. The van der Waals surface area contributed by atoms with E-state index in [-0.39, 0.29) is 18.2 Å². The van der Waals surface area contributed by atoms with Gasteiger partial charge < -0.3 is 20.1 Å². The minimum absolute atomic E-state index is 0.0597. The van der Waals surface area contributed by atoms with E-state index in [0.717, 1.165) is 16.9 Å². The lowest BCUT2D eigenvalue weighted by Gasteiger charge is -2.28. The van der Waals surface area contributed by atoms with Crippen LogP contribution in [-0.4, -0.2) is 41.8 Å². The molecule has 1 fully saturated rings. The lowest BCUT2D eigenvalue weighted by atomic mass is 10.0. The van der Waals surface area contributed by atoms with Gasteiger partial charge in [0.2, 0.25) is 0 Å². The van der Waals surface area contributed by atoms with Crippen molar-refractivity contribution >= 4 is 6.09 Å². The first-order valence-electron chi connectivity index (χ1n) is 9.36. The molecular weight excluding hydrogens is 340 g/mol. The van der Waals surface area contributed by atoms with Gasteiger partial charge in [0, 0.05) is 18.2 Å². The summed E-state index contributed by atoms with van der Waals surface area (Å²) in [5.74, 6) is 0.799. The molecule has 1 heterocycles. The van der Waals surface area contributed by atoms with Crippen molar-refractivity contribution in [3.63, 3.8) is 0 Å².